The van der Waals surface area contributed by atoms with Crippen LogP contribution in [0.4, 0.5) is 0 Å². The molecule has 2 rings (SSSR count). The van der Waals surface area contributed by atoms with Crippen LogP contribution in [0.5, 0.6) is 5.75 Å². The van der Waals surface area contributed by atoms with Crippen LogP contribution in [-0.2, 0) is 0 Å². The van der Waals surface area contributed by atoms with Crippen LogP contribution in [0.15, 0.2) is 24.3 Å². The maximum absolute atomic E-state index is 6.15. The van der Waals surface area contributed by atoms with Crippen molar-refractivity contribution in [3.63, 3.8) is 0 Å². The van der Waals surface area contributed by atoms with Crippen molar-refractivity contribution >= 4 is 0 Å². The highest BCUT2D eigenvalue weighted by atomic mass is 16.5. The molecule has 1 aromatic carbocycles. The Hall–Kier alpha value is -1.88. The number of rotatable bonds is 4. The summed E-state index contributed by atoms with van der Waals surface area (Å²) in [5, 5.41) is 7.05. The van der Waals surface area contributed by atoms with Crippen molar-refractivity contribution in [2.75, 3.05) is 7.11 Å². The summed E-state index contributed by atoms with van der Waals surface area (Å²) in [4.78, 5) is 4.41. The number of methoxy groups -OCH3 is 1. The van der Waals surface area contributed by atoms with Gasteiger partial charge in [-0.2, -0.15) is 5.10 Å². The zero-order valence-corrected chi connectivity index (χ0v) is 10.8. The van der Waals surface area contributed by atoms with Crippen molar-refractivity contribution in [3.05, 3.63) is 41.5 Å². The van der Waals surface area contributed by atoms with Gasteiger partial charge in [-0.15, -0.1) is 0 Å². The van der Waals surface area contributed by atoms with E-state index in [0.717, 1.165) is 17.1 Å². The van der Waals surface area contributed by atoms with Crippen LogP contribution in [0.25, 0.3) is 0 Å². The summed E-state index contributed by atoms with van der Waals surface area (Å²) in [6, 6.07) is 7.34. The highest BCUT2D eigenvalue weighted by molar-refractivity contribution is 5.31. The van der Waals surface area contributed by atoms with Crippen LogP contribution in [-0.4, -0.2) is 22.3 Å². The van der Waals surface area contributed by atoms with Crippen LogP contribution in [0.2, 0.25) is 0 Å². The lowest BCUT2D eigenvalue weighted by Gasteiger charge is -2.09. The Balaban J connectivity index is 2.20. The number of nitrogens with zero attached hydrogens (tertiary/aromatic N) is 2. The van der Waals surface area contributed by atoms with Crippen molar-refractivity contribution in [1.82, 2.24) is 15.2 Å². The average molecular weight is 246 g/mol. The molecular formula is C13H18N4O. The Morgan fingerprint density at radius 3 is 2.39 bits per heavy atom. The molecule has 0 amide bonds. The Labute approximate surface area is 106 Å². The SMILES string of the molecule is COc1ccc(C(N)c2nc(C(C)C)n[nH]2)cc1. The van der Waals surface area contributed by atoms with E-state index < -0.39 is 0 Å². The standard InChI is InChI=1S/C13H18N4O/c1-8(2)12-15-13(17-16-12)11(14)9-4-6-10(18-3)7-5-9/h4-8,11H,14H2,1-3H3,(H,15,16,17). The van der Waals surface area contributed by atoms with Crippen LogP contribution < -0.4 is 10.5 Å². The van der Waals surface area contributed by atoms with E-state index in [2.05, 4.69) is 15.2 Å². The van der Waals surface area contributed by atoms with Gasteiger partial charge in [0.05, 0.1) is 13.2 Å². The van der Waals surface area contributed by atoms with E-state index in [4.69, 9.17) is 10.5 Å². The normalized spacial score (nSPS) is 12.7. The number of H-pyrrole nitrogens is 1. The second-order valence-electron chi connectivity index (χ2n) is 4.48. The van der Waals surface area contributed by atoms with E-state index in [1.165, 1.54) is 0 Å². The van der Waals surface area contributed by atoms with E-state index >= 15 is 0 Å². The molecule has 96 valence electrons. The zero-order chi connectivity index (χ0) is 13.1. The van der Waals surface area contributed by atoms with E-state index in [-0.39, 0.29) is 12.0 Å². The minimum atomic E-state index is -0.295. The highest BCUT2D eigenvalue weighted by Crippen LogP contribution is 2.20. The summed E-state index contributed by atoms with van der Waals surface area (Å²) in [5.41, 5.74) is 7.12. The zero-order valence-electron chi connectivity index (χ0n) is 10.8. The molecule has 0 saturated carbocycles. The predicted molar refractivity (Wildman–Crippen MR) is 69.5 cm³/mol. The summed E-state index contributed by atoms with van der Waals surface area (Å²) < 4.78 is 5.11. The van der Waals surface area contributed by atoms with Gasteiger partial charge in [-0.25, -0.2) is 4.98 Å². The fourth-order valence-corrected chi connectivity index (χ4v) is 1.65. The fourth-order valence-electron chi connectivity index (χ4n) is 1.65. The number of aromatic nitrogens is 3. The van der Waals surface area contributed by atoms with Gasteiger partial charge >= 0.3 is 0 Å². The first-order valence-electron chi connectivity index (χ1n) is 5.93. The van der Waals surface area contributed by atoms with Crippen molar-refractivity contribution in [1.29, 1.82) is 0 Å². The maximum Gasteiger partial charge on any atom is 0.153 e. The topological polar surface area (TPSA) is 76.8 Å². The van der Waals surface area contributed by atoms with Gasteiger partial charge in [0.2, 0.25) is 0 Å². The molecule has 18 heavy (non-hydrogen) atoms. The summed E-state index contributed by atoms with van der Waals surface area (Å²) in [5.74, 6) is 2.57. The van der Waals surface area contributed by atoms with E-state index in [1.54, 1.807) is 7.11 Å². The molecular weight excluding hydrogens is 228 g/mol. The van der Waals surface area contributed by atoms with Crippen molar-refractivity contribution < 1.29 is 4.74 Å². The number of ether oxygens (including phenoxy) is 1. The van der Waals surface area contributed by atoms with Gasteiger partial charge in [-0.05, 0) is 17.7 Å². The van der Waals surface area contributed by atoms with Crippen LogP contribution >= 0.6 is 0 Å². The monoisotopic (exact) mass is 246 g/mol. The Morgan fingerprint density at radius 2 is 1.89 bits per heavy atom. The molecule has 0 spiro atoms. The maximum atomic E-state index is 6.15. The van der Waals surface area contributed by atoms with Crippen molar-refractivity contribution in [3.8, 4) is 5.75 Å². The van der Waals surface area contributed by atoms with Crippen LogP contribution in [0, 0.1) is 0 Å². The first-order chi connectivity index (χ1) is 8.61. The summed E-state index contributed by atoms with van der Waals surface area (Å²) >= 11 is 0. The molecule has 0 aliphatic rings. The molecule has 0 saturated heterocycles. The molecule has 0 aliphatic heterocycles. The van der Waals surface area contributed by atoms with E-state index in [1.807, 2.05) is 38.1 Å². The molecule has 0 bridgehead atoms. The lowest BCUT2D eigenvalue weighted by Crippen LogP contribution is -2.13. The van der Waals surface area contributed by atoms with Gasteiger partial charge in [-0.3, -0.25) is 5.10 Å². The van der Waals surface area contributed by atoms with Crippen LogP contribution in [0.3, 0.4) is 0 Å². The molecule has 1 unspecified atom stereocenters. The largest absolute Gasteiger partial charge is 0.497 e. The molecule has 1 atom stereocenters. The summed E-state index contributed by atoms with van der Waals surface area (Å²) in [6.45, 7) is 4.09. The van der Waals surface area contributed by atoms with Gasteiger partial charge < -0.3 is 10.5 Å². The van der Waals surface area contributed by atoms with Crippen LogP contribution in [0.1, 0.15) is 43.0 Å². The number of aromatic amines is 1. The Kier molecular flexibility index (Phi) is 3.62. The third kappa shape index (κ3) is 2.51. The van der Waals surface area contributed by atoms with Gasteiger partial charge in [0.1, 0.15) is 11.6 Å². The number of hydrogen-bond acceptors (Lipinski definition) is 4. The molecule has 0 fully saturated rings. The quantitative estimate of drug-likeness (QED) is 0.864. The predicted octanol–water partition coefficient (Wildman–Crippen LogP) is 1.98. The number of nitrogens with one attached hydrogen (secondary N) is 1. The molecule has 3 N–H and O–H groups in total. The van der Waals surface area contributed by atoms with Gasteiger partial charge in [-0.1, -0.05) is 26.0 Å². The number of benzene rings is 1. The first-order valence-corrected chi connectivity index (χ1v) is 5.93. The minimum Gasteiger partial charge on any atom is -0.497 e. The van der Waals surface area contributed by atoms with Crippen molar-refractivity contribution in [2.45, 2.75) is 25.8 Å². The first kappa shape index (κ1) is 12.6. The minimum absolute atomic E-state index is 0.290. The molecule has 1 heterocycles. The fraction of sp³-hybridized carbons (Fsp3) is 0.385. The Bertz CT molecular complexity index is 504. The second kappa shape index (κ2) is 5.18. The number of nitrogens with two attached hydrogens (primary N) is 1. The molecule has 5 nitrogen and oxygen atoms in total. The average Bonchev–Trinajstić information content (AvgIpc) is 2.88. The van der Waals surface area contributed by atoms with E-state index in [0.29, 0.717) is 5.82 Å². The second-order valence-corrected chi connectivity index (χ2v) is 4.48. The molecule has 0 aliphatic carbocycles. The Morgan fingerprint density at radius 1 is 1.22 bits per heavy atom. The van der Waals surface area contributed by atoms with E-state index in [9.17, 15) is 0 Å². The van der Waals surface area contributed by atoms with Gasteiger partial charge in [0.15, 0.2) is 5.82 Å². The van der Waals surface area contributed by atoms with Gasteiger partial charge in [0, 0.05) is 5.92 Å². The highest BCUT2D eigenvalue weighted by Gasteiger charge is 2.15. The molecule has 5 heteroatoms. The lowest BCUT2D eigenvalue weighted by molar-refractivity contribution is 0.414. The molecule has 0 radical (unpaired) electrons. The lowest BCUT2D eigenvalue weighted by atomic mass is 10.1. The number of hydrogen-bond donors (Lipinski definition) is 2. The third-order valence-electron chi connectivity index (χ3n) is 2.81. The summed E-state index contributed by atoms with van der Waals surface area (Å²) in [7, 11) is 1.64. The molecule has 1 aromatic heterocycles. The summed E-state index contributed by atoms with van der Waals surface area (Å²) in [6.07, 6.45) is 0. The third-order valence-corrected chi connectivity index (χ3v) is 2.81. The molecule has 2 aromatic rings. The van der Waals surface area contributed by atoms with Crippen molar-refractivity contribution in [2.24, 2.45) is 5.73 Å². The van der Waals surface area contributed by atoms with Gasteiger partial charge in [0.25, 0.3) is 0 Å². The smallest absolute Gasteiger partial charge is 0.153 e.